The summed E-state index contributed by atoms with van der Waals surface area (Å²) in [4.78, 5) is 3.01. The van der Waals surface area contributed by atoms with Crippen LogP contribution < -0.4 is 0 Å². The number of thiazole rings is 1. The van der Waals surface area contributed by atoms with Crippen LogP contribution >= 0.6 is 27.3 Å². The molecule has 0 amide bonds. The van der Waals surface area contributed by atoms with Crippen molar-refractivity contribution in [2.75, 3.05) is 0 Å². The molecule has 6 heteroatoms. The van der Waals surface area contributed by atoms with Crippen LogP contribution in [0.2, 0.25) is 0 Å². The number of aryl methyl sites for hydroxylation is 2. The summed E-state index contributed by atoms with van der Waals surface area (Å²) in [7, 11) is 0. The fourth-order valence-electron chi connectivity index (χ4n) is 0.746. The topological polar surface area (TPSA) is 12.9 Å². The average Bonchev–Trinajstić information content (AvgIpc) is 2.29. The minimum absolute atomic E-state index is 0.0718. The first-order valence-corrected chi connectivity index (χ1v) is 5.20. The molecular formula is C7H7BrF3NS. The number of aromatic nitrogens is 1. The number of halogens is 4. The molecule has 13 heavy (non-hydrogen) atoms. The van der Waals surface area contributed by atoms with E-state index in [-0.39, 0.29) is 5.01 Å². The quantitative estimate of drug-likeness (QED) is 0.710. The second kappa shape index (κ2) is 3.57. The Morgan fingerprint density at radius 3 is 2.23 bits per heavy atom. The van der Waals surface area contributed by atoms with Crippen molar-refractivity contribution in [2.45, 2.75) is 24.9 Å². The number of hydrogen-bond donors (Lipinski definition) is 0. The largest absolute Gasteiger partial charge is 0.407 e. The summed E-state index contributed by atoms with van der Waals surface area (Å²) < 4.78 is 36.6. The van der Waals surface area contributed by atoms with Gasteiger partial charge in [0.05, 0.1) is 5.69 Å². The van der Waals surface area contributed by atoms with Gasteiger partial charge < -0.3 is 0 Å². The Labute approximate surface area is 86.1 Å². The molecule has 1 aromatic heterocycles. The third kappa shape index (κ3) is 2.43. The Hall–Kier alpha value is -0.100. The van der Waals surface area contributed by atoms with E-state index >= 15 is 0 Å². The van der Waals surface area contributed by atoms with Crippen LogP contribution in [0.25, 0.3) is 0 Å². The van der Waals surface area contributed by atoms with Gasteiger partial charge in [0.15, 0.2) is 4.83 Å². The van der Waals surface area contributed by atoms with E-state index in [0.717, 1.165) is 16.2 Å². The zero-order chi connectivity index (χ0) is 10.2. The second-order valence-electron chi connectivity index (χ2n) is 2.60. The van der Waals surface area contributed by atoms with Gasteiger partial charge in [-0.1, -0.05) is 15.9 Å². The van der Waals surface area contributed by atoms with Crippen LogP contribution in [-0.4, -0.2) is 11.2 Å². The van der Waals surface area contributed by atoms with Gasteiger partial charge in [0.1, 0.15) is 5.01 Å². The van der Waals surface area contributed by atoms with Gasteiger partial charge in [-0.25, -0.2) is 4.98 Å². The van der Waals surface area contributed by atoms with E-state index in [0.29, 0.717) is 5.69 Å². The molecule has 0 fully saturated rings. The third-order valence-electron chi connectivity index (χ3n) is 1.55. The van der Waals surface area contributed by atoms with Gasteiger partial charge in [-0.2, -0.15) is 13.2 Å². The van der Waals surface area contributed by atoms with Crippen molar-refractivity contribution in [3.63, 3.8) is 0 Å². The second-order valence-corrected chi connectivity index (χ2v) is 4.75. The molecule has 1 aromatic rings. The molecule has 1 unspecified atom stereocenters. The fourth-order valence-corrected chi connectivity index (χ4v) is 2.06. The molecule has 0 saturated heterocycles. The Bertz CT molecular complexity index is 288. The Kier molecular flexibility index (Phi) is 3.01. The van der Waals surface area contributed by atoms with E-state index in [1.54, 1.807) is 13.8 Å². The first-order valence-electron chi connectivity index (χ1n) is 3.47. The molecular weight excluding hydrogens is 267 g/mol. The van der Waals surface area contributed by atoms with Gasteiger partial charge in [0.25, 0.3) is 0 Å². The normalized spacial score (nSPS) is 14.6. The molecule has 0 aliphatic carbocycles. The van der Waals surface area contributed by atoms with Crippen LogP contribution in [0.5, 0.6) is 0 Å². The monoisotopic (exact) mass is 273 g/mol. The highest BCUT2D eigenvalue weighted by Gasteiger charge is 2.40. The minimum Gasteiger partial charge on any atom is -0.245 e. The molecule has 0 aliphatic heterocycles. The van der Waals surface area contributed by atoms with Crippen LogP contribution in [0.4, 0.5) is 13.2 Å². The van der Waals surface area contributed by atoms with Crippen molar-refractivity contribution in [1.82, 2.24) is 4.98 Å². The summed E-state index contributed by atoms with van der Waals surface area (Å²) in [6.07, 6.45) is -4.27. The van der Waals surface area contributed by atoms with Gasteiger partial charge >= 0.3 is 6.18 Å². The molecule has 1 nitrogen and oxygen atoms in total. The average molecular weight is 274 g/mol. The van der Waals surface area contributed by atoms with Crippen molar-refractivity contribution >= 4 is 27.3 Å². The number of rotatable bonds is 1. The molecule has 1 atom stereocenters. The molecule has 1 heterocycles. The Morgan fingerprint density at radius 2 is 1.92 bits per heavy atom. The first kappa shape index (κ1) is 11.0. The predicted octanol–water partition coefficient (Wildman–Crippen LogP) is 3.76. The summed E-state index contributed by atoms with van der Waals surface area (Å²) in [5, 5.41) is 0.0718. The molecule has 0 aromatic carbocycles. The van der Waals surface area contributed by atoms with Crippen LogP contribution in [0.1, 0.15) is 20.4 Å². The number of hydrogen-bond acceptors (Lipinski definition) is 2. The van der Waals surface area contributed by atoms with Crippen molar-refractivity contribution in [2.24, 2.45) is 0 Å². The Balaban J connectivity index is 2.96. The van der Waals surface area contributed by atoms with E-state index in [9.17, 15) is 13.2 Å². The van der Waals surface area contributed by atoms with E-state index in [1.807, 2.05) is 0 Å². The molecule has 0 N–H and O–H groups in total. The maximum absolute atomic E-state index is 12.2. The maximum Gasteiger partial charge on any atom is 0.407 e. The molecule has 0 aliphatic rings. The van der Waals surface area contributed by atoms with Gasteiger partial charge in [0.2, 0.25) is 0 Å². The number of alkyl halides is 4. The van der Waals surface area contributed by atoms with Crippen LogP contribution in [-0.2, 0) is 0 Å². The lowest BCUT2D eigenvalue weighted by Crippen LogP contribution is -2.14. The lowest BCUT2D eigenvalue weighted by Gasteiger charge is -2.10. The summed E-state index contributed by atoms with van der Waals surface area (Å²) in [6.45, 7) is 3.46. The zero-order valence-corrected chi connectivity index (χ0v) is 9.35. The molecule has 0 spiro atoms. The van der Waals surface area contributed by atoms with Crippen LogP contribution in [0, 0.1) is 13.8 Å². The highest BCUT2D eigenvalue weighted by molar-refractivity contribution is 9.09. The zero-order valence-electron chi connectivity index (χ0n) is 6.94. The minimum atomic E-state index is -4.27. The molecule has 1 rings (SSSR count). The van der Waals surface area contributed by atoms with Gasteiger partial charge in [0, 0.05) is 4.88 Å². The molecule has 74 valence electrons. The molecule has 0 bridgehead atoms. The van der Waals surface area contributed by atoms with Crippen molar-refractivity contribution in [3.8, 4) is 0 Å². The van der Waals surface area contributed by atoms with Gasteiger partial charge in [-0.05, 0) is 13.8 Å². The van der Waals surface area contributed by atoms with E-state index in [2.05, 4.69) is 20.9 Å². The first-order chi connectivity index (χ1) is 5.82. The summed E-state index contributed by atoms with van der Waals surface area (Å²) in [5.74, 6) is 0. The molecule has 0 saturated carbocycles. The third-order valence-corrected chi connectivity index (χ3v) is 3.94. The Morgan fingerprint density at radius 1 is 1.38 bits per heavy atom. The van der Waals surface area contributed by atoms with Gasteiger partial charge in [-0.3, -0.25) is 0 Å². The highest BCUT2D eigenvalue weighted by atomic mass is 79.9. The highest BCUT2D eigenvalue weighted by Crippen LogP contribution is 2.41. The van der Waals surface area contributed by atoms with Crippen LogP contribution in [0.3, 0.4) is 0 Å². The van der Waals surface area contributed by atoms with Crippen LogP contribution in [0.15, 0.2) is 0 Å². The standard InChI is InChI=1S/C7H7BrF3NS/c1-3-4(2)13-6(12-3)5(8)7(9,10)11/h5H,1-2H3. The van der Waals surface area contributed by atoms with E-state index in [4.69, 9.17) is 0 Å². The van der Waals surface area contributed by atoms with Crippen molar-refractivity contribution in [1.29, 1.82) is 0 Å². The maximum atomic E-state index is 12.2. The summed E-state index contributed by atoms with van der Waals surface area (Å²) in [6, 6.07) is 0. The van der Waals surface area contributed by atoms with E-state index < -0.39 is 11.0 Å². The van der Waals surface area contributed by atoms with Crippen molar-refractivity contribution < 1.29 is 13.2 Å². The lowest BCUT2D eigenvalue weighted by molar-refractivity contribution is -0.128. The molecule has 0 radical (unpaired) electrons. The fraction of sp³-hybridized carbons (Fsp3) is 0.571. The smallest absolute Gasteiger partial charge is 0.245 e. The summed E-state index contributed by atoms with van der Waals surface area (Å²) >= 11 is 3.65. The lowest BCUT2D eigenvalue weighted by atomic mass is 10.4. The summed E-state index contributed by atoms with van der Waals surface area (Å²) in [5.41, 5.74) is 0.661. The van der Waals surface area contributed by atoms with Gasteiger partial charge in [-0.15, -0.1) is 11.3 Å². The van der Waals surface area contributed by atoms with Crippen molar-refractivity contribution in [3.05, 3.63) is 15.6 Å². The van der Waals surface area contributed by atoms with E-state index in [1.165, 1.54) is 0 Å². The SMILES string of the molecule is Cc1nc(C(Br)C(F)(F)F)sc1C. The predicted molar refractivity (Wildman–Crippen MR) is 49.3 cm³/mol. The number of nitrogens with zero attached hydrogens (tertiary/aromatic N) is 1.